The Labute approximate surface area is 246 Å². The van der Waals surface area contributed by atoms with Crippen molar-refractivity contribution in [3.63, 3.8) is 0 Å². The second kappa shape index (κ2) is 13.6. The third kappa shape index (κ3) is 8.41. The molecular weight excluding hydrogens is 567 g/mol. The lowest BCUT2D eigenvalue weighted by Crippen LogP contribution is -2.24. The second-order valence-corrected chi connectivity index (χ2v) is 9.69. The number of hydrogen-bond acceptors (Lipinski definition) is 7. The Morgan fingerprint density at radius 2 is 1.32 bits per heavy atom. The monoisotopic (exact) mass is 590 g/mol. The van der Waals surface area contributed by atoms with Crippen LogP contribution in [0.2, 0.25) is 10.0 Å². The van der Waals surface area contributed by atoms with Crippen molar-refractivity contribution in [2.75, 3.05) is 6.61 Å². The number of hydrazone groups is 1. The maximum Gasteiger partial charge on any atom is 0.343 e. The van der Waals surface area contributed by atoms with Crippen molar-refractivity contribution >= 4 is 47.3 Å². The van der Waals surface area contributed by atoms with E-state index in [9.17, 15) is 14.4 Å². The van der Waals surface area contributed by atoms with Gasteiger partial charge in [-0.2, -0.15) is 5.10 Å². The van der Waals surface area contributed by atoms with E-state index in [1.807, 2.05) is 26.0 Å². The number of hydrogen-bond donors (Lipinski definition) is 1. The van der Waals surface area contributed by atoms with Crippen molar-refractivity contribution in [1.82, 2.24) is 5.43 Å². The molecule has 0 aromatic heterocycles. The zero-order chi connectivity index (χ0) is 29.4. The minimum atomic E-state index is -0.677. The van der Waals surface area contributed by atoms with Gasteiger partial charge in [0.25, 0.3) is 5.91 Å². The van der Waals surface area contributed by atoms with Gasteiger partial charge in [-0.1, -0.05) is 29.3 Å². The topological polar surface area (TPSA) is 103 Å². The standard InChI is InChI=1S/C31H24Cl2N2O6/c1-19-3-13-26(15-20(19)2)39-18-29(36)35-34-17-23-8-14-27(40-30(37)21-4-9-24(32)10-5-21)16-28(23)41-31(38)22-6-11-25(33)12-7-22/h3-17H,18H2,1-2H3,(H,35,36). The van der Waals surface area contributed by atoms with Crippen LogP contribution in [-0.4, -0.2) is 30.7 Å². The number of esters is 2. The Kier molecular flexibility index (Phi) is 9.73. The number of halogens is 2. The van der Waals surface area contributed by atoms with E-state index < -0.39 is 17.8 Å². The Morgan fingerprint density at radius 1 is 0.732 bits per heavy atom. The fourth-order valence-corrected chi connectivity index (χ4v) is 3.68. The van der Waals surface area contributed by atoms with Gasteiger partial charge in [0.15, 0.2) is 6.61 Å². The highest BCUT2D eigenvalue weighted by Crippen LogP contribution is 2.26. The van der Waals surface area contributed by atoms with Crippen molar-refractivity contribution in [2.45, 2.75) is 13.8 Å². The molecule has 0 saturated heterocycles. The van der Waals surface area contributed by atoms with E-state index in [1.165, 1.54) is 48.7 Å². The first-order valence-corrected chi connectivity index (χ1v) is 13.0. The molecule has 208 valence electrons. The van der Waals surface area contributed by atoms with E-state index in [-0.39, 0.29) is 29.2 Å². The fourth-order valence-electron chi connectivity index (χ4n) is 3.43. The third-order valence-electron chi connectivity index (χ3n) is 5.80. The van der Waals surface area contributed by atoms with Crippen LogP contribution in [0.15, 0.2) is 90.0 Å². The zero-order valence-electron chi connectivity index (χ0n) is 22.0. The molecule has 0 radical (unpaired) electrons. The van der Waals surface area contributed by atoms with Crippen LogP contribution >= 0.6 is 23.2 Å². The predicted octanol–water partition coefficient (Wildman–Crippen LogP) is 6.58. The highest BCUT2D eigenvalue weighted by molar-refractivity contribution is 6.31. The summed E-state index contributed by atoms with van der Waals surface area (Å²) in [5.74, 6) is -1.08. The lowest BCUT2D eigenvalue weighted by Gasteiger charge is -2.11. The van der Waals surface area contributed by atoms with E-state index in [0.717, 1.165) is 11.1 Å². The summed E-state index contributed by atoms with van der Waals surface area (Å²) < 4.78 is 16.5. The first-order chi connectivity index (χ1) is 19.7. The lowest BCUT2D eigenvalue weighted by atomic mass is 10.1. The van der Waals surface area contributed by atoms with Crippen LogP contribution in [0.3, 0.4) is 0 Å². The summed E-state index contributed by atoms with van der Waals surface area (Å²) in [4.78, 5) is 37.6. The summed E-state index contributed by atoms with van der Waals surface area (Å²) >= 11 is 11.8. The summed E-state index contributed by atoms with van der Waals surface area (Å²) in [5, 5.41) is 4.89. The molecule has 0 spiro atoms. The highest BCUT2D eigenvalue weighted by atomic mass is 35.5. The second-order valence-electron chi connectivity index (χ2n) is 8.82. The smallest absolute Gasteiger partial charge is 0.343 e. The Hall–Kier alpha value is -4.66. The largest absolute Gasteiger partial charge is 0.484 e. The molecule has 1 amide bonds. The first kappa shape index (κ1) is 29.3. The molecule has 8 nitrogen and oxygen atoms in total. The van der Waals surface area contributed by atoms with Gasteiger partial charge < -0.3 is 14.2 Å². The summed E-state index contributed by atoms with van der Waals surface area (Å²) in [6.45, 7) is 3.68. The summed E-state index contributed by atoms with van der Waals surface area (Å²) in [6, 6.07) is 22.2. The van der Waals surface area contributed by atoms with Crippen molar-refractivity contribution in [1.29, 1.82) is 0 Å². The number of rotatable bonds is 9. The zero-order valence-corrected chi connectivity index (χ0v) is 23.5. The molecule has 0 heterocycles. The summed E-state index contributed by atoms with van der Waals surface area (Å²) in [7, 11) is 0. The molecule has 0 aliphatic heterocycles. The molecular formula is C31H24Cl2N2O6. The molecule has 0 saturated carbocycles. The summed E-state index contributed by atoms with van der Waals surface area (Å²) in [6.07, 6.45) is 1.29. The van der Waals surface area contributed by atoms with E-state index in [2.05, 4.69) is 10.5 Å². The van der Waals surface area contributed by atoms with Crippen LogP contribution in [0.4, 0.5) is 0 Å². The van der Waals surface area contributed by atoms with Gasteiger partial charge in [0, 0.05) is 21.7 Å². The van der Waals surface area contributed by atoms with Crippen LogP contribution in [-0.2, 0) is 4.79 Å². The predicted molar refractivity (Wildman–Crippen MR) is 156 cm³/mol. The quantitative estimate of drug-likeness (QED) is 0.102. The molecule has 4 rings (SSSR count). The molecule has 0 aliphatic rings. The minimum absolute atomic E-state index is 0.0377. The third-order valence-corrected chi connectivity index (χ3v) is 6.30. The number of ether oxygens (including phenoxy) is 3. The number of nitrogens with one attached hydrogen (secondary N) is 1. The van der Waals surface area contributed by atoms with Crippen LogP contribution in [0.1, 0.15) is 37.4 Å². The van der Waals surface area contributed by atoms with Crippen LogP contribution in [0, 0.1) is 13.8 Å². The van der Waals surface area contributed by atoms with E-state index in [0.29, 0.717) is 21.4 Å². The normalized spacial score (nSPS) is 10.7. The number of aryl methyl sites for hydroxylation is 2. The van der Waals surface area contributed by atoms with Gasteiger partial charge >= 0.3 is 11.9 Å². The molecule has 41 heavy (non-hydrogen) atoms. The number of amides is 1. The van der Waals surface area contributed by atoms with Gasteiger partial charge in [-0.3, -0.25) is 4.79 Å². The highest BCUT2D eigenvalue weighted by Gasteiger charge is 2.15. The number of nitrogens with zero attached hydrogens (tertiary/aromatic N) is 1. The minimum Gasteiger partial charge on any atom is -0.484 e. The van der Waals surface area contributed by atoms with Gasteiger partial charge in [-0.15, -0.1) is 0 Å². The van der Waals surface area contributed by atoms with Crippen molar-refractivity contribution in [2.24, 2.45) is 5.10 Å². The molecule has 0 aliphatic carbocycles. The molecule has 0 atom stereocenters. The van der Waals surface area contributed by atoms with Gasteiger partial charge in [0.05, 0.1) is 17.3 Å². The SMILES string of the molecule is Cc1ccc(OCC(=O)NN=Cc2ccc(OC(=O)c3ccc(Cl)cc3)cc2OC(=O)c2ccc(Cl)cc2)cc1C. The van der Waals surface area contributed by atoms with Crippen LogP contribution in [0.25, 0.3) is 0 Å². The molecule has 0 fully saturated rings. The van der Waals surface area contributed by atoms with Crippen LogP contribution in [0.5, 0.6) is 17.2 Å². The van der Waals surface area contributed by atoms with E-state index >= 15 is 0 Å². The maximum atomic E-state index is 12.8. The molecule has 1 N–H and O–H groups in total. The van der Waals surface area contributed by atoms with Gasteiger partial charge in [-0.25, -0.2) is 15.0 Å². The first-order valence-electron chi connectivity index (χ1n) is 12.3. The molecule has 10 heteroatoms. The number of carbonyl (C=O) groups is 3. The molecule has 4 aromatic carbocycles. The Balaban J connectivity index is 1.48. The lowest BCUT2D eigenvalue weighted by molar-refractivity contribution is -0.123. The van der Waals surface area contributed by atoms with E-state index in [1.54, 1.807) is 30.3 Å². The van der Waals surface area contributed by atoms with Crippen molar-refractivity contribution < 1.29 is 28.6 Å². The number of benzene rings is 4. The fraction of sp³-hybridized carbons (Fsp3) is 0.0968. The number of carbonyl (C=O) groups excluding carboxylic acids is 3. The Morgan fingerprint density at radius 3 is 1.93 bits per heavy atom. The summed E-state index contributed by atoms with van der Waals surface area (Å²) in [5.41, 5.74) is 5.39. The molecule has 0 unspecified atom stereocenters. The molecule has 0 bridgehead atoms. The van der Waals surface area contributed by atoms with Gasteiger partial charge in [-0.05, 0) is 97.8 Å². The van der Waals surface area contributed by atoms with Gasteiger partial charge in [0.1, 0.15) is 17.2 Å². The maximum absolute atomic E-state index is 12.8. The Bertz CT molecular complexity index is 1600. The van der Waals surface area contributed by atoms with Crippen LogP contribution < -0.4 is 19.6 Å². The van der Waals surface area contributed by atoms with E-state index in [4.69, 9.17) is 37.4 Å². The van der Waals surface area contributed by atoms with Crippen molar-refractivity contribution in [3.05, 3.63) is 123 Å². The average Bonchev–Trinajstić information content (AvgIpc) is 2.95. The van der Waals surface area contributed by atoms with Crippen molar-refractivity contribution in [3.8, 4) is 17.2 Å². The van der Waals surface area contributed by atoms with Gasteiger partial charge in [0.2, 0.25) is 0 Å². The average molecular weight is 591 g/mol. The molecule has 4 aromatic rings.